The van der Waals surface area contributed by atoms with Crippen molar-refractivity contribution < 1.29 is 4.79 Å². The highest BCUT2D eigenvalue weighted by Gasteiger charge is 2.21. The van der Waals surface area contributed by atoms with E-state index in [1.54, 1.807) is 0 Å². The number of amides is 1. The van der Waals surface area contributed by atoms with Crippen LogP contribution in [0.15, 0.2) is 0 Å². The normalized spacial score (nSPS) is 21.4. The fourth-order valence-corrected chi connectivity index (χ4v) is 2.58. The zero-order chi connectivity index (χ0) is 12.8. The molecule has 0 aliphatic carbocycles. The van der Waals surface area contributed by atoms with Crippen LogP contribution in [0.1, 0.15) is 53.4 Å². The lowest BCUT2D eigenvalue weighted by atomic mass is 9.94. The van der Waals surface area contributed by atoms with Gasteiger partial charge in [-0.2, -0.15) is 0 Å². The minimum Gasteiger partial charge on any atom is -0.355 e. The van der Waals surface area contributed by atoms with E-state index >= 15 is 0 Å². The molecule has 1 heterocycles. The van der Waals surface area contributed by atoms with Crippen molar-refractivity contribution in [2.75, 3.05) is 6.54 Å². The molecule has 1 saturated heterocycles. The molecule has 0 spiro atoms. The van der Waals surface area contributed by atoms with E-state index < -0.39 is 0 Å². The molecule has 0 aromatic rings. The van der Waals surface area contributed by atoms with Crippen LogP contribution in [-0.2, 0) is 4.79 Å². The molecule has 3 nitrogen and oxygen atoms in total. The van der Waals surface area contributed by atoms with Gasteiger partial charge in [0, 0.05) is 25.0 Å². The summed E-state index contributed by atoms with van der Waals surface area (Å²) in [4.78, 5) is 11.1. The average Bonchev–Trinajstić information content (AvgIpc) is 2.19. The van der Waals surface area contributed by atoms with Gasteiger partial charge in [0.15, 0.2) is 0 Å². The Kier molecular flexibility index (Phi) is 5.96. The average molecular weight is 240 g/mol. The van der Waals surface area contributed by atoms with E-state index in [4.69, 9.17) is 0 Å². The first-order chi connectivity index (χ1) is 7.97. The third-order valence-electron chi connectivity index (χ3n) is 3.25. The number of hydrogen-bond donors (Lipinski definition) is 2. The molecule has 0 aromatic heterocycles. The van der Waals surface area contributed by atoms with Crippen LogP contribution < -0.4 is 10.6 Å². The molecule has 2 N–H and O–H groups in total. The fourth-order valence-electron chi connectivity index (χ4n) is 2.58. The first-order valence-corrected chi connectivity index (χ1v) is 7.00. The summed E-state index contributed by atoms with van der Waals surface area (Å²) in [5.74, 6) is 1.65. The second kappa shape index (κ2) is 7.00. The van der Waals surface area contributed by atoms with E-state index in [0.29, 0.717) is 18.5 Å². The summed E-state index contributed by atoms with van der Waals surface area (Å²) in [6, 6.07) is 1.06. The minimum atomic E-state index is 0.201. The monoisotopic (exact) mass is 240 g/mol. The quantitative estimate of drug-likeness (QED) is 0.748. The van der Waals surface area contributed by atoms with Crippen LogP contribution >= 0.6 is 0 Å². The Morgan fingerprint density at radius 2 is 1.82 bits per heavy atom. The minimum absolute atomic E-state index is 0.201. The van der Waals surface area contributed by atoms with Crippen molar-refractivity contribution in [2.45, 2.75) is 65.5 Å². The van der Waals surface area contributed by atoms with Gasteiger partial charge in [-0.3, -0.25) is 4.79 Å². The summed E-state index contributed by atoms with van der Waals surface area (Å²) in [6.07, 6.45) is 4.11. The maximum absolute atomic E-state index is 11.1. The number of rotatable bonds is 6. The first-order valence-electron chi connectivity index (χ1n) is 7.00. The molecule has 3 heteroatoms. The number of hydrogen-bond acceptors (Lipinski definition) is 2. The van der Waals surface area contributed by atoms with E-state index in [0.717, 1.165) is 24.8 Å². The Morgan fingerprint density at radius 1 is 1.24 bits per heavy atom. The number of carbonyl (C=O) groups is 1. The van der Waals surface area contributed by atoms with Gasteiger partial charge in [-0.15, -0.1) is 0 Å². The molecule has 100 valence electrons. The van der Waals surface area contributed by atoms with E-state index in [2.05, 4.69) is 38.3 Å². The van der Waals surface area contributed by atoms with Crippen LogP contribution in [0.2, 0.25) is 0 Å². The summed E-state index contributed by atoms with van der Waals surface area (Å²) in [5.41, 5.74) is 0. The maximum atomic E-state index is 11.1. The lowest BCUT2D eigenvalue weighted by Crippen LogP contribution is -2.49. The second-order valence-electron chi connectivity index (χ2n) is 6.16. The van der Waals surface area contributed by atoms with E-state index in [1.807, 2.05) is 0 Å². The van der Waals surface area contributed by atoms with Crippen LogP contribution in [-0.4, -0.2) is 24.5 Å². The van der Waals surface area contributed by atoms with Crippen molar-refractivity contribution in [1.29, 1.82) is 0 Å². The first kappa shape index (κ1) is 14.5. The van der Waals surface area contributed by atoms with Crippen molar-refractivity contribution in [2.24, 2.45) is 11.8 Å². The Bertz CT molecular complexity index is 218. The molecule has 1 aliphatic rings. The Morgan fingerprint density at radius 3 is 2.24 bits per heavy atom. The van der Waals surface area contributed by atoms with Gasteiger partial charge in [-0.25, -0.2) is 0 Å². The summed E-state index contributed by atoms with van der Waals surface area (Å²) in [7, 11) is 0. The third-order valence-corrected chi connectivity index (χ3v) is 3.25. The van der Waals surface area contributed by atoms with Crippen molar-refractivity contribution >= 4 is 5.91 Å². The lowest BCUT2D eigenvalue weighted by molar-refractivity contribution is -0.122. The van der Waals surface area contributed by atoms with Crippen LogP contribution in [0.3, 0.4) is 0 Å². The van der Waals surface area contributed by atoms with Gasteiger partial charge in [-0.1, -0.05) is 27.7 Å². The highest BCUT2D eigenvalue weighted by atomic mass is 16.1. The predicted octanol–water partition coefficient (Wildman–Crippen LogP) is 2.32. The Labute approximate surface area is 106 Å². The number of piperidine rings is 1. The summed E-state index contributed by atoms with van der Waals surface area (Å²) in [6.45, 7) is 9.90. The van der Waals surface area contributed by atoms with Gasteiger partial charge >= 0.3 is 0 Å². The second-order valence-corrected chi connectivity index (χ2v) is 6.16. The van der Waals surface area contributed by atoms with Gasteiger partial charge in [0.25, 0.3) is 0 Å². The van der Waals surface area contributed by atoms with Crippen LogP contribution in [0.25, 0.3) is 0 Å². The number of carbonyl (C=O) groups excluding carboxylic acids is 1. The standard InChI is InChI=1S/C14H28N2O/c1-10(2)7-13(8-11(3)4)16-12-5-6-14(17)15-9-12/h10-13,16H,5-9H2,1-4H3,(H,15,17). The zero-order valence-electron chi connectivity index (χ0n) is 11.8. The van der Waals surface area contributed by atoms with E-state index in [9.17, 15) is 4.79 Å². The summed E-state index contributed by atoms with van der Waals surface area (Å²) < 4.78 is 0. The van der Waals surface area contributed by atoms with Gasteiger partial charge < -0.3 is 10.6 Å². The molecule has 0 aromatic carbocycles. The molecule has 17 heavy (non-hydrogen) atoms. The topological polar surface area (TPSA) is 41.1 Å². The molecule has 1 unspecified atom stereocenters. The van der Waals surface area contributed by atoms with E-state index in [-0.39, 0.29) is 5.91 Å². The fraction of sp³-hybridized carbons (Fsp3) is 0.929. The van der Waals surface area contributed by atoms with Gasteiger partial charge in [0.2, 0.25) is 5.91 Å². The molecule has 1 amide bonds. The lowest BCUT2D eigenvalue weighted by Gasteiger charge is -2.30. The molecule has 1 fully saturated rings. The van der Waals surface area contributed by atoms with Crippen LogP contribution in [0.4, 0.5) is 0 Å². The van der Waals surface area contributed by atoms with Crippen LogP contribution in [0, 0.1) is 11.8 Å². The summed E-state index contributed by atoms with van der Waals surface area (Å²) >= 11 is 0. The smallest absolute Gasteiger partial charge is 0.220 e. The predicted molar refractivity (Wildman–Crippen MR) is 71.9 cm³/mol. The molecular formula is C14H28N2O. The summed E-state index contributed by atoms with van der Waals surface area (Å²) in [5, 5.41) is 6.67. The van der Waals surface area contributed by atoms with Gasteiger partial charge in [0.05, 0.1) is 0 Å². The van der Waals surface area contributed by atoms with Crippen LogP contribution in [0.5, 0.6) is 0 Å². The molecule has 0 saturated carbocycles. The van der Waals surface area contributed by atoms with Crippen molar-refractivity contribution in [3.8, 4) is 0 Å². The van der Waals surface area contributed by atoms with Crippen molar-refractivity contribution in [3.05, 3.63) is 0 Å². The molecule has 0 bridgehead atoms. The highest BCUT2D eigenvalue weighted by molar-refractivity contribution is 5.76. The molecular weight excluding hydrogens is 212 g/mol. The number of nitrogens with one attached hydrogen (secondary N) is 2. The maximum Gasteiger partial charge on any atom is 0.220 e. The molecule has 1 rings (SSSR count). The van der Waals surface area contributed by atoms with Crippen molar-refractivity contribution in [3.63, 3.8) is 0 Å². The van der Waals surface area contributed by atoms with Crippen molar-refractivity contribution in [1.82, 2.24) is 10.6 Å². The molecule has 1 atom stereocenters. The Balaban J connectivity index is 2.39. The third kappa shape index (κ3) is 6.06. The SMILES string of the molecule is CC(C)CC(CC(C)C)NC1CCC(=O)NC1. The van der Waals surface area contributed by atoms with Gasteiger partial charge in [-0.05, 0) is 31.1 Å². The van der Waals surface area contributed by atoms with Gasteiger partial charge in [0.1, 0.15) is 0 Å². The largest absolute Gasteiger partial charge is 0.355 e. The Hall–Kier alpha value is -0.570. The molecule has 1 aliphatic heterocycles. The molecule has 0 radical (unpaired) electrons. The zero-order valence-corrected chi connectivity index (χ0v) is 11.8. The highest BCUT2D eigenvalue weighted by Crippen LogP contribution is 2.15. The van der Waals surface area contributed by atoms with E-state index in [1.165, 1.54) is 12.8 Å².